The molecule has 0 saturated carbocycles. The van der Waals surface area contributed by atoms with Crippen LogP contribution in [0.1, 0.15) is 0 Å². The molecule has 0 aliphatic carbocycles. The third-order valence-electron chi connectivity index (χ3n) is 1.39. The second kappa shape index (κ2) is 3.96. The number of benzene rings is 1. The lowest BCUT2D eigenvalue weighted by Crippen LogP contribution is -2.41. The molecule has 15 heavy (non-hydrogen) atoms. The van der Waals surface area contributed by atoms with E-state index >= 15 is 0 Å². The maximum Gasteiger partial charge on any atom is 0.499 e. The zero-order chi connectivity index (χ0) is 11.7. The van der Waals surface area contributed by atoms with E-state index in [1.807, 2.05) is 0 Å². The molecule has 0 aromatic heterocycles. The summed E-state index contributed by atoms with van der Waals surface area (Å²) in [5.74, 6) is -0.555. The van der Waals surface area contributed by atoms with Crippen LogP contribution in [0.4, 0.5) is 22.0 Å². The summed E-state index contributed by atoms with van der Waals surface area (Å²) in [5, 5.41) is 0. The first-order valence-corrected chi connectivity index (χ1v) is 4.41. The molecule has 0 unspecified atom stereocenters. The van der Waals surface area contributed by atoms with Gasteiger partial charge in [-0.25, -0.2) is 0 Å². The van der Waals surface area contributed by atoms with Gasteiger partial charge >= 0.3 is 12.3 Å². The quantitative estimate of drug-likeness (QED) is 0.749. The van der Waals surface area contributed by atoms with Crippen molar-refractivity contribution in [1.29, 1.82) is 0 Å². The van der Waals surface area contributed by atoms with Crippen LogP contribution in [0.5, 0.6) is 5.75 Å². The van der Waals surface area contributed by atoms with Crippen molar-refractivity contribution in [1.82, 2.24) is 0 Å². The second-order valence-corrected chi connectivity index (χ2v) is 3.49. The van der Waals surface area contributed by atoms with Crippen molar-refractivity contribution in [3.05, 3.63) is 28.7 Å². The molecular formula is C8H4BrF5O. The van der Waals surface area contributed by atoms with E-state index in [0.717, 1.165) is 12.1 Å². The molecule has 1 aromatic rings. The molecule has 7 heteroatoms. The maximum atomic E-state index is 12.4. The van der Waals surface area contributed by atoms with Crippen molar-refractivity contribution in [2.45, 2.75) is 12.3 Å². The summed E-state index contributed by atoms with van der Waals surface area (Å²) in [6.07, 6.45) is -10.9. The fourth-order valence-corrected chi connectivity index (χ4v) is 0.973. The van der Waals surface area contributed by atoms with Gasteiger partial charge in [0.05, 0.1) is 0 Å². The maximum absolute atomic E-state index is 12.4. The molecule has 84 valence electrons. The van der Waals surface area contributed by atoms with Crippen molar-refractivity contribution in [2.75, 3.05) is 0 Å². The largest absolute Gasteiger partial charge is 0.499 e. The van der Waals surface area contributed by atoms with E-state index in [1.54, 1.807) is 0 Å². The zero-order valence-corrected chi connectivity index (χ0v) is 8.57. The Balaban J connectivity index is 2.82. The first kappa shape index (κ1) is 12.2. The lowest BCUT2D eigenvalue weighted by atomic mass is 10.3. The molecule has 1 nitrogen and oxygen atoms in total. The summed E-state index contributed by atoms with van der Waals surface area (Å²) >= 11 is 3.00. The Bertz CT molecular complexity index is 332. The van der Waals surface area contributed by atoms with E-state index < -0.39 is 18.0 Å². The van der Waals surface area contributed by atoms with Crippen LogP contribution < -0.4 is 4.74 Å². The number of hydrogen-bond acceptors (Lipinski definition) is 1. The molecule has 0 aliphatic rings. The number of hydrogen-bond donors (Lipinski definition) is 0. The highest BCUT2D eigenvalue weighted by Gasteiger charge is 2.61. The summed E-state index contributed by atoms with van der Waals surface area (Å²) in [6, 6.07) is 4.59. The Morgan fingerprint density at radius 3 is 1.80 bits per heavy atom. The van der Waals surface area contributed by atoms with Gasteiger partial charge in [-0.2, -0.15) is 22.0 Å². The van der Waals surface area contributed by atoms with Gasteiger partial charge in [0.25, 0.3) is 0 Å². The van der Waals surface area contributed by atoms with Crippen LogP contribution in [0.25, 0.3) is 0 Å². The van der Waals surface area contributed by atoms with Crippen LogP contribution >= 0.6 is 15.9 Å². The van der Waals surface area contributed by atoms with Crippen LogP contribution in [0, 0.1) is 0 Å². The van der Waals surface area contributed by atoms with Gasteiger partial charge in [-0.3, -0.25) is 0 Å². The van der Waals surface area contributed by atoms with Gasteiger partial charge in [0.2, 0.25) is 0 Å². The van der Waals surface area contributed by atoms with Gasteiger partial charge in [-0.1, -0.05) is 15.9 Å². The molecule has 0 heterocycles. The summed E-state index contributed by atoms with van der Waals surface area (Å²) in [6.45, 7) is 0. The van der Waals surface area contributed by atoms with E-state index in [4.69, 9.17) is 0 Å². The number of halogens is 6. The van der Waals surface area contributed by atoms with Crippen LogP contribution in [0.15, 0.2) is 28.7 Å². The number of ether oxygens (including phenoxy) is 1. The van der Waals surface area contributed by atoms with E-state index in [9.17, 15) is 22.0 Å². The molecule has 0 fully saturated rings. The average Bonchev–Trinajstić information content (AvgIpc) is 2.06. The van der Waals surface area contributed by atoms with E-state index in [2.05, 4.69) is 20.7 Å². The van der Waals surface area contributed by atoms with Crippen molar-refractivity contribution < 1.29 is 26.7 Å². The summed E-state index contributed by atoms with van der Waals surface area (Å²) in [7, 11) is 0. The standard InChI is InChI=1S/C8H4BrF5O/c9-5-1-3-6(4-2-5)15-8(13,14)7(10,11)12/h1-4H. The molecule has 0 saturated heterocycles. The third kappa shape index (κ3) is 3.05. The van der Waals surface area contributed by atoms with E-state index in [-0.39, 0.29) is 0 Å². The minimum atomic E-state index is -5.72. The van der Waals surface area contributed by atoms with Gasteiger partial charge in [0.15, 0.2) is 0 Å². The topological polar surface area (TPSA) is 9.23 Å². The Labute approximate surface area is 90.0 Å². The van der Waals surface area contributed by atoms with Crippen molar-refractivity contribution in [3.63, 3.8) is 0 Å². The predicted molar refractivity (Wildman–Crippen MR) is 45.8 cm³/mol. The molecule has 0 spiro atoms. The zero-order valence-electron chi connectivity index (χ0n) is 6.99. The number of alkyl halides is 5. The van der Waals surface area contributed by atoms with Crippen molar-refractivity contribution in [2.24, 2.45) is 0 Å². The Kier molecular flexibility index (Phi) is 3.22. The second-order valence-electron chi connectivity index (χ2n) is 2.57. The smallest absolute Gasteiger partial charge is 0.426 e. The van der Waals surface area contributed by atoms with E-state index in [0.29, 0.717) is 4.47 Å². The summed E-state index contributed by atoms with van der Waals surface area (Å²) in [4.78, 5) is 0. The number of rotatable bonds is 2. The first-order chi connectivity index (χ1) is 6.72. The van der Waals surface area contributed by atoms with Crippen LogP contribution in [0.3, 0.4) is 0 Å². The molecule has 1 rings (SSSR count). The normalized spacial score (nSPS) is 12.7. The molecule has 0 bridgehead atoms. The molecule has 0 aliphatic heterocycles. The average molecular weight is 291 g/mol. The Morgan fingerprint density at radius 1 is 0.933 bits per heavy atom. The van der Waals surface area contributed by atoms with Gasteiger partial charge < -0.3 is 4.74 Å². The molecule has 0 atom stereocenters. The first-order valence-electron chi connectivity index (χ1n) is 3.61. The minimum Gasteiger partial charge on any atom is -0.426 e. The monoisotopic (exact) mass is 290 g/mol. The lowest BCUT2D eigenvalue weighted by Gasteiger charge is -2.19. The fraction of sp³-hybridized carbons (Fsp3) is 0.250. The summed E-state index contributed by atoms with van der Waals surface area (Å²) in [5.41, 5.74) is 0. The van der Waals surface area contributed by atoms with E-state index in [1.165, 1.54) is 12.1 Å². The molecule has 0 N–H and O–H groups in total. The van der Waals surface area contributed by atoms with Crippen molar-refractivity contribution in [3.8, 4) is 5.75 Å². The highest BCUT2D eigenvalue weighted by atomic mass is 79.9. The minimum absolute atomic E-state index is 0.546. The molecular weight excluding hydrogens is 287 g/mol. The van der Waals surface area contributed by atoms with Crippen LogP contribution in [-0.4, -0.2) is 12.3 Å². The molecule has 1 aromatic carbocycles. The highest BCUT2D eigenvalue weighted by molar-refractivity contribution is 9.10. The van der Waals surface area contributed by atoms with Gasteiger partial charge in [0, 0.05) is 4.47 Å². The highest BCUT2D eigenvalue weighted by Crippen LogP contribution is 2.37. The van der Waals surface area contributed by atoms with Gasteiger partial charge in [-0.05, 0) is 24.3 Å². The fourth-order valence-electron chi connectivity index (χ4n) is 0.709. The molecule has 0 amide bonds. The SMILES string of the molecule is FC(F)(F)C(F)(F)Oc1ccc(Br)cc1. The van der Waals surface area contributed by atoms with Crippen LogP contribution in [-0.2, 0) is 0 Å². The predicted octanol–water partition coefficient (Wildman–Crippen LogP) is 3.98. The lowest BCUT2D eigenvalue weighted by molar-refractivity contribution is -0.360. The summed E-state index contributed by atoms with van der Waals surface area (Å²) < 4.78 is 63.9. The van der Waals surface area contributed by atoms with Gasteiger partial charge in [0.1, 0.15) is 5.75 Å². The van der Waals surface area contributed by atoms with Crippen molar-refractivity contribution >= 4 is 15.9 Å². The Morgan fingerprint density at radius 2 is 1.40 bits per heavy atom. The molecule has 0 radical (unpaired) electrons. The van der Waals surface area contributed by atoms with Crippen LogP contribution in [0.2, 0.25) is 0 Å². The Hall–Kier alpha value is -0.850. The van der Waals surface area contributed by atoms with Gasteiger partial charge in [-0.15, -0.1) is 0 Å². The third-order valence-corrected chi connectivity index (χ3v) is 1.92.